The Balaban J connectivity index is 1.41. The summed E-state index contributed by atoms with van der Waals surface area (Å²) in [5.41, 5.74) is 3.91. The number of hydrazone groups is 1. The van der Waals surface area contributed by atoms with Gasteiger partial charge in [-0.3, -0.25) is 14.9 Å². The van der Waals surface area contributed by atoms with E-state index in [4.69, 9.17) is 4.74 Å². The van der Waals surface area contributed by atoms with E-state index < -0.39 is 10.9 Å². The molecule has 4 aromatic rings. The molecule has 4 aromatic carbocycles. The SMILES string of the molecule is O=C(Cc1cccc2ccccc12)N/N=C\c1ccccc1OC(=O)c1ccc([N+](=O)[O-])cc1. The lowest BCUT2D eigenvalue weighted by Gasteiger charge is -2.07. The molecule has 0 spiro atoms. The third-order valence-corrected chi connectivity index (χ3v) is 5.06. The Morgan fingerprint density at radius 3 is 2.41 bits per heavy atom. The van der Waals surface area contributed by atoms with Crippen molar-refractivity contribution in [3.63, 3.8) is 0 Å². The largest absolute Gasteiger partial charge is 0.422 e. The topological polar surface area (TPSA) is 111 Å². The number of benzene rings is 4. The fourth-order valence-corrected chi connectivity index (χ4v) is 3.39. The highest BCUT2D eigenvalue weighted by Gasteiger charge is 2.13. The van der Waals surface area contributed by atoms with E-state index in [-0.39, 0.29) is 29.3 Å². The number of carbonyl (C=O) groups excluding carboxylic acids is 2. The molecule has 0 saturated carbocycles. The lowest BCUT2D eigenvalue weighted by Crippen LogP contribution is -2.20. The molecule has 0 fully saturated rings. The molecule has 8 heteroatoms. The predicted octanol–water partition coefficient (Wildman–Crippen LogP) is 4.66. The van der Waals surface area contributed by atoms with Crippen LogP contribution in [0.1, 0.15) is 21.5 Å². The van der Waals surface area contributed by atoms with Gasteiger partial charge in [0.15, 0.2) is 0 Å². The number of nitro groups is 1. The number of amides is 1. The number of para-hydroxylation sites is 1. The molecule has 0 aliphatic carbocycles. The van der Waals surface area contributed by atoms with Gasteiger partial charge in [-0.2, -0.15) is 5.10 Å². The molecule has 0 heterocycles. The van der Waals surface area contributed by atoms with Gasteiger partial charge >= 0.3 is 5.97 Å². The number of fused-ring (bicyclic) bond motifs is 1. The molecular formula is C26H19N3O5. The van der Waals surface area contributed by atoms with Crippen molar-refractivity contribution in [1.82, 2.24) is 5.43 Å². The number of rotatable bonds is 7. The molecule has 168 valence electrons. The van der Waals surface area contributed by atoms with E-state index in [0.717, 1.165) is 16.3 Å². The van der Waals surface area contributed by atoms with Crippen molar-refractivity contribution >= 4 is 34.6 Å². The van der Waals surface area contributed by atoms with Crippen molar-refractivity contribution in [2.45, 2.75) is 6.42 Å². The minimum Gasteiger partial charge on any atom is -0.422 e. The maximum Gasteiger partial charge on any atom is 0.343 e. The van der Waals surface area contributed by atoms with E-state index >= 15 is 0 Å². The average molecular weight is 453 g/mol. The lowest BCUT2D eigenvalue weighted by molar-refractivity contribution is -0.384. The Hall–Kier alpha value is -4.85. The summed E-state index contributed by atoms with van der Waals surface area (Å²) in [6.45, 7) is 0. The van der Waals surface area contributed by atoms with E-state index in [9.17, 15) is 19.7 Å². The molecule has 0 atom stereocenters. The van der Waals surface area contributed by atoms with E-state index in [2.05, 4.69) is 10.5 Å². The number of nitrogens with zero attached hydrogens (tertiary/aromatic N) is 2. The molecular weight excluding hydrogens is 434 g/mol. The summed E-state index contributed by atoms with van der Waals surface area (Å²) < 4.78 is 5.42. The monoisotopic (exact) mass is 453 g/mol. The number of hydrogen-bond donors (Lipinski definition) is 1. The smallest absolute Gasteiger partial charge is 0.343 e. The third kappa shape index (κ3) is 5.31. The Labute approximate surface area is 194 Å². The molecule has 0 unspecified atom stereocenters. The van der Waals surface area contributed by atoms with Crippen LogP contribution in [0, 0.1) is 10.1 Å². The molecule has 0 saturated heterocycles. The molecule has 34 heavy (non-hydrogen) atoms. The normalized spacial score (nSPS) is 10.8. The van der Waals surface area contributed by atoms with Gasteiger partial charge in [-0.1, -0.05) is 54.6 Å². The highest BCUT2D eigenvalue weighted by atomic mass is 16.6. The van der Waals surface area contributed by atoms with Crippen LogP contribution < -0.4 is 10.2 Å². The molecule has 0 aliphatic heterocycles. The van der Waals surface area contributed by atoms with Gasteiger partial charge < -0.3 is 4.74 Å². The van der Waals surface area contributed by atoms with Crippen molar-refractivity contribution < 1.29 is 19.2 Å². The summed E-state index contributed by atoms with van der Waals surface area (Å²) in [7, 11) is 0. The molecule has 8 nitrogen and oxygen atoms in total. The van der Waals surface area contributed by atoms with Crippen molar-refractivity contribution in [2.24, 2.45) is 5.10 Å². The summed E-state index contributed by atoms with van der Waals surface area (Å²) in [5, 5.41) is 16.8. The van der Waals surface area contributed by atoms with Gasteiger partial charge in [0, 0.05) is 17.7 Å². The first-order valence-corrected chi connectivity index (χ1v) is 10.4. The van der Waals surface area contributed by atoms with Crippen molar-refractivity contribution in [3.05, 3.63) is 118 Å². The first-order chi connectivity index (χ1) is 16.5. The van der Waals surface area contributed by atoms with Crippen molar-refractivity contribution in [1.29, 1.82) is 0 Å². The van der Waals surface area contributed by atoms with Crippen LogP contribution in [0.3, 0.4) is 0 Å². The Morgan fingerprint density at radius 2 is 1.62 bits per heavy atom. The molecule has 0 aromatic heterocycles. The standard InChI is InChI=1S/C26H19N3O5/c30-25(16-20-9-5-8-18-6-1-3-10-23(18)20)28-27-17-21-7-2-4-11-24(21)34-26(31)19-12-14-22(15-13-19)29(32)33/h1-15,17H,16H2,(H,28,30)/b27-17-. The second-order valence-corrected chi connectivity index (χ2v) is 7.34. The van der Waals surface area contributed by atoms with Crippen molar-refractivity contribution in [3.8, 4) is 5.75 Å². The van der Waals surface area contributed by atoms with Crippen molar-refractivity contribution in [2.75, 3.05) is 0 Å². The highest BCUT2D eigenvalue weighted by molar-refractivity contribution is 5.94. The summed E-state index contributed by atoms with van der Waals surface area (Å²) in [5.74, 6) is -0.721. The minimum absolute atomic E-state index is 0.122. The van der Waals surface area contributed by atoms with E-state index in [1.807, 2.05) is 42.5 Å². The molecule has 0 radical (unpaired) electrons. The fourth-order valence-electron chi connectivity index (χ4n) is 3.39. The molecule has 0 bridgehead atoms. The maximum atomic E-state index is 12.4. The van der Waals surface area contributed by atoms with Crippen LogP contribution in [0.5, 0.6) is 5.75 Å². The molecule has 1 N–H and O–H groups in total. The van der Waals surface area contributed by atoms with Gasteiger partial charge in [0.1, 0.15) is 5.75 Å². The highest BCUT2D eigenvalue weighted by Crippen LogP contribution is 2.20. The lowest BCUT2D eigenvalue weighted by atomic mass is 10.0. The zero-order chi connectivity index (χ0) is 23.9. The Bertz CT molecular complexity index is 1390. The van der Waals surface area contributed by atoms with Crippen LogP contribution in [0.15, 0.2) is 96.1 Å². The average Bonchev–Trinajstić information content (AvgIpc) is 2.85. The number of non-ortho nitro benzene ring substituents is 1. The third-order valence-electron chi connectivity index (χ3n) is 5.06. The number of ether oxygens (including phenoxy) is 1. The van der Waals surface area contributed by atoms with Crippen LogP contribution >= 0.6 is 0 Å². The Morgan fingerprint density at radius 1 is 0.912 bits per heavy atom. The van der Waals surface area contributed by atoms with Crippen LogP contribution in [-0.4, -0.2) is 23.0 Å². The Kier molecular flexibility index (Phi) is 6.69. The minimum atomic E-state index is -0.671. The number of esters is 1. The molecule has 0 aliphatic rings. The summed E-state index contributed by atoms with van der Waals surface area (Å²) in [4.78, 5) is 35.1. The number of nitro benzene ring substituents is 1. The first kappa shape index (κ1) is 22.3. The van der Waals surface area contributed by atoms with Crippen LogP contribution in [-0.2, 0) is 11.2 Å². The van der Waals surface area contributed by atoms with Gasteiger partial charge in [0.05, 0.1) is 23.1 Å². The van der Waals surface area contributed by atoms with Gasteiger partial charge in [-0.15, -0.1) is 0 Å². The summed E-state index contributed by atoms with van der Waals surface area (Å²) >= 11 is 0. The summed E-state index contributed by atoms with van der Waals surface area (Å²) in [6.07, 6.45) is 1.55. The number of nitrogens with one attached hydrogen (secondary N) is 1. The molecule has 4 rings (SSSR count). The van der Waals surface area contributed by atoms with Crippen LogP contribution in [0.2, 0.25) is 0 Å². The zero-order valence-corrected chi connectivity index (χ0v) is 17.9. The van der Waals surface area contributed by atoms with Gasteiger partial charge in [-0.25, -0.2) is 10.2 Å². The van der Waals surface area contributed by atoms with Gasteiger partial charge in [-0.05, 0) is 40.6 Å². The van der Waals surface area contributed by atoms with Crippen LogP contribution in [0.25, 0.3) is 10.8 Å². The first-order valence-electron chi connectivity index (χ1n) is 10.4. The van der Waals surface area contributed by atoms with E-state index in [0.29, 0.717) is 5.56 Å². The van der Waals surface area contributed by atoms with Gasteiger partial charge in [0.25, 0.3) is 5.69 Å². The van der Waals surface area contributed by atoms with Crippen LogP contribution in [0.4, 0.5) is 5.69 Å². The second-order valence-electron chi connectivity index (χ2n) is 7.34. The number of carbonyl (C=O) groups is 2. The number of hydrogen-bond acceptors (Lipinski definition) is 6. The zero-order valence-electron chi connectivity index (χ0n) is 17.9. The molecule has 1 amide bonds. The quantitative estimate of drug-likeness (QED) is 0.144. The predicted molar refractivity (Wildman–Crippen MR) is 128 cm³/mol. The summed E-state index contributed by atoms with van der Waals surface area (Å²) in [6, 6.07) is 25.4. The second kappa shape index (κ2) is 10.2. The fraction of sp³-hybridized carbons (Fsp3) is 0.0385. The van der Waals surface area contributed by atoms with E-state index in [1.54, 1.807) is 24.3 Å². The van der Waals surface area contributed by atoms with E-state index in [1.165, 1.54) is 30.5 Å². The van der Waals surface area contributed by atoms with Gasteiger partial charge in [0.2, 0.25) is 5.91 Å². The maximum absolute atomic E-state index is 12.4.